The van der Waals surface area contributed by atoms with Gasteiger partial charge in [0.1, 0.15) is 0 Å². The first-order valence-electron chi connectivity index (χ1n) is 3.19. The Balaban J connectivity index is 3.71. The molecule has 0 aliphatic heterocycles. The van der Waals surface area contributed by atoms with Crippen molar-refractivity contribution in [2.45, 2.75) is 26.8 Å². The third kappa shape index (κ3) is 2.44. The zero-order chi connectivity index (χ0) is 7.44. The summed E-state index contributed by atoms with van der Waals surface area (Å²) in [5.41, 5.74) is 6.68. The normalized spacial score (nSPS) is 13.4. The molecular formula is C6H15N3. The Kier molecular flexibility index (Phi) is 3.20. The second kappa shape index (κ2) is 3.43. The standard InChI is InChI=1S/C6H15N3/c1-5(2)6(3)9(4)8-7/h5-7H,1-4H3. The molecule has 0 saturated carbocycles. The quantitative estimate of drug-likeness (QED) is 0.459. The minimum Gasteiger partial charge on any atom is -0.279 e. The van der Waals surface area contributed by atoms with Gasteiger partial charge in [0, 0.05) is 13.1 Å². The average Bonchev–Trinajstić information content (AvgIpc) is 1.84. The van der Waals surface area contributed by atoms with Crippen LogP contribution < -0.4 is 0 Å². The molecule has 0 heterocycles. The van der Waals surface area contributed by atoms with E-state index in [4.69, 9.17) is 5.53 Å². The van der Waals surface area contributed by atoms with Crippen molar-refractivity contribution in [2.75, 3.05) is 7.05 Å². The lowest BCUT2D eigenvalue weighted by Gasteiger charge is -2.22. The Labute approximate surface area is 56.5 Å². The minimum absolute atomic E-state index is 0.363. The van der Waals surface area contributed by atoms with Crippen LogP contribution in [0.1, 0.15) is 20.8 Å². The first-order chi connectivity index (χ1) is 4.09. The predicted octanol–water partition coefficient (Wildman–Crippen LogP) is 1.91. The summed E-state index contributed by atoms with van der Waals surface area (Å²) in [5.74, 6) is 0.559. The van der Waals surface area contributed by atoms with Gasteiger partial charge in [-0.15, -0.1) is 0 Å². The molecule has 1 unspecified atom stereocenters. The van der Waals surface area contributed by atoms with Crippen LogP contribution in [0.4, 0.5) is 0 Å². The maximum Gasteiger partial charge on any atom is 0.0478 e. The highest BCUT2D eigenvalue weighted by Gasteiger charge is 2.09. The van der Waals surface area contributed by atoms with Crippen LogP contribution in [0.3, 0.4) is 0 Å². The molecule has 0 aromatic rings. The van der Waals surface area contributed by atoms with E-state index in [1.54, 1.807) is 5.01 Å². The number of nitrogens with zero attached hydrogens (tertiary/aromatic N) is 2. The van der Waals surface area contributed by atoms with E-state index < -0.39 is 0 Å². The Morgan fingerprint density at radius 3 is 1.89 bits per heavy atom. The predicted molar refractivity (Wildman–Crippen MR) is 37.2 cm³/mol. The molecule has 0 amide bonds. The summed E-state index contributed by atoms with van der Waals surface area (Å²) in [6, 6.07) is 0.363. The second-order valence-corrected chi connectivity index (χ2v) is 2.66. The minimum atomic E-state index is 0.363. The zero-order valence-electron chi connectivity index (χ0n) is 6.55. The molecule has 1 N–H and O–H groups in total. The average molecular weight is 129 g/mol. The summed E-state index contributed by atoms with van der Waals surface area (Å²) in [6.07, 6.45) is 0. The maximum atomic E-state index is 6.68. The molecule has 3 heteroatoms. The van der Waals surface area contributed by atoms with E-state index in [1.165, 1.54) is 0 Å². The molecule has 0 radical (unpaired) electrons. The molecule has 9 heavy (non-hydrogen) atoms. The molecule has 0 aromatic carbocycles. The van der Waals surface area contributed by atoms with E-state index in [0.29, 0.717) is 12.0 Å². The molecule has 0 aromatic heterocycles. The van der Waals surface area contributed by atoms with Crippen LogP contribution in [0.25, 0.3) is 0 Å². The van der Waals surface area contributed by atoms with Crippen molar-refractivity contribution in [3.8, 4) is 0 Å². The largest absolute Gasteiger partial charge is 0.279 e. The molecule has 0 spiro atoms. The molecule has 0 aliphatic rings. The smallest absolute Gasteiger partial charge is 0.0478 e. The van der Waals surface area contributed by atoms with Gasteiger partial charge in [-0.3, -0.25) is 5.01 Å². The van der Waals surface area contributed by atoms with Gasteiger partial charge in [0.2, 0.25) is 0 Å². The van der Waals surface area contributed by atoms with Gasteiger partial charge in [0.25, 0.3) is 0 Å². The van der Waals surface area contributed by atoms with Crippen molar-refractivity contribution in [1.82, 2.24) is 5.01 Å². The molecule has 0 fully saturated rings. The molecular weight excluding hydrogens is 114 g/mol. The Hall–Kier alpha value is -0.600. The van der Waals surface area contributed by atoms with Crippen LogP contribution in [0.5, 0.6) is 0 Å². The van der Waals surface area contributed by atoms with Crippen molar-refractivity contribution in [2.24, 2.45) is 11.1 Å². The summed E-state index contributed by atoms with van der Waals surface area (Å²) in [7, 11) is 1.82. The summed E-state index contributed by atoms with van der Waals surface area (Å²) in [6.45, 7) is 6.29. The summed E-state index contributed by atoms with van der Waals surface area (Å²) < 4.78 is 0. The molecule has 3 nitrogen and oxygen atoms in total. The highest BCUT2D eigenvalue weighted by Crippen LogP contribution is 2.06. The molecule has 0 rings (SSSR count). The fraction of sp³-hybridized carbons (Fsp3) is 1.00. The highest BCUT2D eigenvalue weighted by molar-refractivity contribution is 4.61. The zero-order valence-corrected chi connectivity index (χ0v) is 6.55. The van der Waals surface area contributed by atoms with Gasteiger partial charge in [-0.25, -0.2) is 0 Å². The van der Waals surface area contributed by atoms with Crippen LogP contribution in [0.15, 0.2) is 5.22 Å². The van der Waals surface area contributed by atoms with E-state index >= 15 is 0 Å². The van der Waals surface area contributed by atoms with E-state index in [0.717, 1.165) is 0 Å². The monoisotopic (exact) mass is 129 g/mol. The lowest BCUT2D eigenvalue weighted by Crippen LogP contribution is -2.28. The van der Waals surface area contributed by atoms with E-state index in [-0.39, 0.29) is 0 Å². The van der Waals surface area contributed by atoms with Crippen molar-refractivity contribution in [3.63, 3.8) is 0 Å². The lowest BCUT2D eigenvalue weighted by molar-refractivity contribution is 0.197. The first-order valence-corrected chi connectivity index (χ1v) is 3.19. The van der Waals surface area contributed by atoms with Gasteiger partial charge in [-0.05, 0) is 12.8 Å². The van der Waals surface area contributed by atoms with Crippen LogP contribution >= 0.6 is 0 Å². The van der Waals surface area contributed by atoms with Gasteiger partial charge >= 0.3 is 0 Å². The van der Waals surface area contributed by atoms with Crippen LogP contribution in [-0.4, -0.2) is 18.1 Å². The van der Waals surface area contributed by atoms with E-state index in [2.05, 4.69) is 26.0 Å². The molecule has 0 bridgehead atoms. The number of rotatable bonds is 3. The summed E-state index contributed by atoms with van der Waals surface area (Å²) in [4.78, 5) is 0. The number of hydrogen-bond donors (Lipinski definition) is 1. The fourth-order valence-corrected chi connectivity index (χ4v) is 0.523. The third-order valence-electron chi connectivity index (χ3n) is 1.71. The molecule has 0 aliphatic carbocycles. The van der Waals surface area contributed by atoms with Crippen LogP contribution in [0, 0.1) is 11.4 Å². The van der Waals surface area contributed by atoms with Gasteiger partial charge in [-0.1, -0.05) is 19.1 Å². The Morgan fingerprint density at radius 2 is 1.78 bits per heavy atom. The third-order valence-corrected chi connectivity index (χ3v) is 1.71. The van der Waals surface area contributed by atoms with Gasteiger partial charge in [0.15, 0.2) is 0 Å². The highest BCUT2D eigenvalue weighted by atomic mass is 15.5. The Morgan fingerprint density at radius 1 is 1.33 bits per heavy atom. The summed E-state index contributed by atoms with van der Waals surface area (Å²) in [5, 5.41) is 4.95. The van der Waals surface area contributed by atoms with Crippen molar-refractivity contribution < 1.29 is 0 Å². The van der Waals surface area contributed by atoms with Gasteiger partial charge in [-0.2, -0.15) is 5.53 Å². The molecule has 54 valence electrons. The first kappa shape index (κ1) is 8.40. The maximum absolute atomic E-state index is 6.68. The van der Waals surface area contributed by atoms with Crippen LogP contribution in [-0.2, 0) is 0 Å². The van der Waals surface area contributed by atoms with Gasteiger partial charge in [0.05, 0.1) is 0 Å². The van der Waals surface area contributed by atoms with Gasteiger partial charge < -0.3 is 0 Å². The topological polar surface area (TPSA) is 39.5 Å². The number of hydrogen-bond acceptors (Lipinski definition) is 2. The second-order valence-electron chi connectivity index (χ2n) is 2.66. The van der Waals surface area contributed by atoms with Crippen molar-refractivity contribution >= 4 is 0 Å². The van der Waals surface area contributed by atoms with Crippen molar-refractivity contribution in [1.29, 1.82) is 5.53 Å². The fourth-order valence-electron chi connectivity index (χ4n) is 0.523. The lowest BCUT2D eigenvalue weighted by atomic mass is 10.1. The summed E-state index contributed by atoms with van der Waals surface area (Å²) >= 11 is 0. The SMILES string of the molecule is CC(C)C(C)N(C)N=N. The van der Waals surface area contributed by atoms with E-state index in [9.17, 15) is 0 Å². The molecule has 0 saturated heterocycles. The molecule has 1 atom stereocenters. The van der Waals surface area contributed by atoms with E-state index in [1.807, 2.05) is 7.05 Å². The number of nitrogens with one attached hydrogen (secondary N) is 1. The van der Waals surface area contributed by atoms with Crippen LogP contribution in [0.2, 0.25) is 0 Å². The van der Waals surface area contributed by atoms with Crippen molar-refractivity contribution in [3.05, 3.63) is 0 Å². The Bertz CT molecular complexity index is 90.3.